The van der Waals surface area contributed by atoms with Crippen LogP contribution in [0.1, 0.15) is 19.3 Å². The van der Waals surface area contributed by atoms with Gasteiger partial charge in [0.25, 0.3) is 0 Å². The standard InChI is InChI=1S/C8H15ClN2O/c9-4-1-8(12)11-7-2-5-10-6-3-7/h7,10H,1-6H2,(H,11,12). The molecule has 0 atom stereocenters. The van der Waals surface area contributed by atoms with Crippen LogP contribution in [0.4, 0.5) is 0 Å². The molecule has 0 aromatic heterocycles. The first-order valence-electron chi connectivity index (χ1n) is 4.39. The Bertz CT molecular complexity index is 146. The van der Waals surface area contributed by atoms with Gasteiger partial charge in [0.15, 0.2) is 0 Å². The molecule has 0 aromatic rings. The van der Waals surface area contributed by atoms with Crippen LogP contribution in [0.15, 0.2) is 0 Å². The maximum absolute atomic E-state index is 11.1. The van der Waals surface area contributed by atoms with Gasteiger partial charge in [0.05, 0.1) is 0 Å². The molecular weight excluding hydrogens is 176 g/mol. The smallest absolute Gasteiger partial charge is 0.221 e. The van der Waals surface area contributed by atoms with E-state index in [2.05, 4.69) is 10.6 Å². The molecule has 70 valence electrons. The molecule has 1 saturated heterocycles. The Morgan fingerprint density at radius 3 is 2.75 bits per heavy atom. The minimum absolute atomic E-state index is 0.0805. The zero-order valence-electron chi connectivity index (χ0n) is 7.11. The Kier molecular flexibility index (Phi) is 4.40. The zero-order valence-corrected chi connectivity index (χ0v) is 7.86. The van der Waals surface area contributed by atoms with Crippen molar-refractivity contribution in [3.63, 3.8) is 0 Å². The summed E-state index contributed by atoms with van der Waals surface area (Å²) in [6, 6.07) is 0.363. The number of carbonyl (C=O) groups excluding carboxylic acids is 1. The van der Waals surface area contributed by atoms with Gasteiger partial charge >= 0.3 is 0 Å². The Morgan fingerprint density at radius 1 is 1.50 bits per heavy atom. The van der Waals surface area contributed by atoms with E-state index >= 15 is 0 Å². The molecule has 0 saturated carbocycles. The van der Waals surface area contributed by atoms with Crippen molar-refractivity contribution >= 4 is 17.5 Å². The molecule has 1 heterocycles. The molecule has 1 aliphatic rings. The van der Waals surface area contributed by atoms with Crippen molar-refractivity contribution in [2.75, 3.05) is 19.0 Å². The number of rotatable bonds is 3. The number of piperidine rings is 1. The summed E-state index contributed by atoms with van der Waals surface area (Å²) < 4.78 is 0. The zero-order chi connectivity index (χ0) is 8.81. The first-order valence-corrected chi connectivity index (χ1v) is 4.92. The summed E-state index contributed by atoms with van der Waals surface area (Å²) in [5.74, 6) is 0.494. The third-order valence-electron chi connectivity index (χ3n) is 2.03. The highest BCUT2D eigenvalue weighted by atomic mass is 35.5. The van der Waals surface area contributed by atoms with Gasteiger partial charge in [-0.3, -0.25) is 4.79 Å². The molecule has 0 spiro atoms. The van der Waals surface area contributed by atoms with E-state index in [-0.39, 0.29) is 5.91 Å². The van der Waals surface area contributed by atoms with E-state index in [1.807, 2.05) is 0 Å². The van der Waals surface area contributed by atoms with Crippen LogP contribution in [-0.2, 0) is 4.79 Å². The molecular formula is C8H15ClN2O. The lowest BCUT2D eigenvalue weighted by Crippen LogP contribution is -2.42. The fourth-order valence-electron chi connectivity index (χ4n) is 1.35. The van der Waals surface area contributed by atoms with Crippen LogP contribution in [0.3, 0.4) is 0 Å². The summed E-state index contributed by atoms with van der Waals surface area (Å²) in [6.07, 6.45) is 2.51. The molecule has 1 aliphatic heterocycles. The number of hydrogen-bond donors (Lipinski definition) is 2. The number of alkyl halides is 1. The van der Waals surface area contributed by atoms with Crippen molar-refractivity contribution < 1.29 is 4.79 Å². The van der Waals surface area contributed by atoms with Crippen LogP contribution in [0, 0.1) is 0 Å². The summed E-state index contributed by atoms with van der Waals surface area (Å²) in [4.78, 5) is 11.1. The van der Waals surface area contributed by atoms with E-state index < -0.39 is 0 Å². The lowest BCUT2D eigenvalue weighted by atomic mass is 10.1. The predicted octanol–water partition coefficient (Wildman–Crippen LogP) is 0.483. The van der Waals surface area contributed by atoms with Crippen LogP contribution in [-0.4, -0.2) is 30.9 Å². The largest absolute Gasteiger partial charge is 0.353 e. The first-order chi connectivity index (χ1) is 5.83. The molecule has 0 radical (unpaired) electrons. The van der Waals surface area contributed by atoms with Crippen molar-refractivity contribution in [1.29, 1.82) is 0 Å². The number of carbonyl (C=O) groups is 1. The molecule has 3 nitrogen and oxygen atoms in total. The van der Waals surface area contributed by atoms with Crippen LogP contribution in [0.5, 0.6) is 0 Å². The normalized spacial score (nSPS) is 19.1. The summed E-state index contributed by atoms with van der Waals surface area (Å²) in [6.45, 7) is 2.01. The molecule has 0 aromatic carbocycles. The Balaban J connectivity index is 2.15. The van der Waals surface area contributed by atoms with Gasteiger partial charge in [-0.2, -0.15) is 0 Å². The molecule has 1 fully saturated rings. The van der Waals surface area contributed by atoms with Crippen LogP contribution >= 0.6 is 11.6 Å². The third kappa shape index (κ3) is 3.41. The minimum atomic E-state index is 0.0805. The molecule has 1 rings (SSSR count). The first kappa shape index (κ1) is 9.81. The second-order valence-electron chi connectivity index (χ2n) is 3.03. The highest BCUT2D eigenvalue weighted by Crippen LogP contribution is 2.02. The quantitative estimate of drug-likeness (QED) is 0.636. The van der Waals surface area contributed by atoms with Crippen molar-refractivity contribution in [1.82, 2.24) is 10.6 Å². The fraction of sp³-hybridized carbons (Fsp3) is 0.875. The second kappa shape index (κ2) is 5.38. The Labute approximate surface area is 77.9 Å². The number of nitrogens with one attached hydrogen (secondary N) is 2. The molecule has 1 amide bonds. The molecule has 0 aliphatic carbocycles. The highest BCUT2D eigenvalue weighted by molar-refractivity contribution is 6.18. The van der Waals surface area contributed by atoms with Crippen molar-refractivity contribution in [3.05, 3.63) is 0 Å². The summed E-state index contributed by atoms with van der Waals surface area (Å²) in [5.41, 5.74) is 0. The summed E-state index contributed by atoms with van der Waals surface area (Å²) in [7, 11) is 0. The van der Waals surface area contributed by atoms with Gasteiger partial charge in [0.2, 0.25) is 5.91 Å². The van der Waals surface area contributed by atoms with Gasteiger partial charge in [-0.25, -0.2) is 0 Å². The van der Waals surface area contributed by atoms with E-state index in [0.717, 1.165) is 25.9 Å². The average Bonchev–Trinajstić information content (AvgIpc) is 2.06. The van der Waals surface area contributed by atoms with Crippen molar-refractivity contribution in [2.24, 2.45) is 0 Å². The van der Waals surface area contributed by atoms with Gasteiger partial charge in [-0.05, 0) is 25.9 Å². The predicted molar refractivity (Wildman–Crippen MR) is 49.4 cm³/mol. The van der Waals surface area contributed by atoms with Gasteiger partial charge in [-0.1, -0.05) is 0 Å². The molecule has 0 unspecified atom stereocenters. The summed E-state index contributed by atoms with van der Waals surface area (Å²) >= 11 is 5.44. The van der Waals surface area contributed by atoms with Crippen molar-refractivity contribution in [2.45, 2.75) is 25.3 Å². The van der Waals surface area contributed by atoms with Gasteiger partial charge < -0.3 is 10.6 Å². The van der Waals surface area contributed by atoms with E-state index in [4.69, 9.17) is 11.6 Å². The highest BCUT2D eigenvalue weighted by Gasteiger charge is 2.14. The topological polar surface area (TPSA) is 41.1 Å². The Morgan fingerprint density at radius 2 is 2.17 bits per heavy atom. The van der Waals surface area contributed by atoms with E-state index in [9.17, 15) is 4.79 Å². The van der Waals surface area contributed by atoms with Gasteiger partial charge in [-0.15, -0.1) is 11.6 Å². The van der Waals surface area contributed by atoms with Crippen LogP contribution in [0.25, 0.3) is 0 Å². The molecule has 4 heteroatoms. The third-order valence-corrected chi connectivity index (χ3v) is 2.21. The van der Waals surface area contributed by atoms with E-state index in [1.165, 1.54) is 0 Å². The van der Waals surface area contributed by atoms with Crippen LogP contribution in [0.2, 0.25) is 0 Å². The lowest BCUT2D eigenvalue weighted by Gasteiger charge is -2.23. The SMILES string of the molecule is O=C(CCCl)NC1CCNCC1. The fourth-order valence-corrected chi connectivity index (χ4v) is 1.52. The number of amides is 1. The number of halogens is 1. The van der Waals surface area contributed by atoms with Crippen LogP contribution < -0.4 is 10.6 Å². The average molecular weight is 191 g/mol. The molecule has 2 N–H and O–H groups in total. The lowest BCUT2D eigenvalue weighted by molar-refractivity contribution is -0.121. The maximum atomic E-state index is 11.1. The van der Waals surface area contributed by atoms with E-state index in [0.29, 0.717) is 18.3 Å². The monoisotopic (exact) mass is 190 g/mol. The number of hydrogen-bond acceptors (Lipinski definition) is 2. The second-order valence-corrected chi connectivity index (χ2v) is 3.41. The summed E-state index contributed by atoms with van der Waals surface area (Å²) in [5, 5.41) is 6.20. The minimum Gasteiger partial charge on any atom is -0.353 e. The molecule has 0 bridgehead atoms. The Hall–Kier alpha value is -0.280. The van der Waals surface area contributed by atoms with Gasteiger partial charge in [0, 0.05) is 18.3 Å². The van der Waals surface area contributed by atoms with Gasteiger partial charge in [0.1, 0.15) is 0 Å². The maximum Gasteiger partial charge on any atom is 0.221 e. The van der Waals surface area contributed by atoms with E-state index in [1.54, 1.807) is 0 Å². The molecule has 12 heavy (non-hydrogen) atoms. The van der Waals surface area contributed by atoms with Crippen molar-refractivity contribution in [3.8, 4) is 0 Å².